The number of aliphatic hydroxyl groups is 1. The molecule has 0 aromatic heterocycles. The fourth-order valence-corrected chi connectivity index (χ4v) is 1.76. The topological polar surface area (TPSA) is 66.6 Å². The first-order valence-electron chi connectivity index (χ1n) is 6.00. The van der Waals surface area contributed by atoms with Gasteiger partial charge < -0.3 is 10.0 Å². The lowest BCUT2D eigenvalue weighted by molar-refractivity contribution is -0.385. The van der Waals surface area contributed by atoms with Gasteiger partial charge in [0, 0.05) is 13.1 Å². The van der Waals surface area contributed by atoms with Crippen LogP contribution in [0.15, 0.2) is 12.1 Å². The minimum atomic E-state index is -0.990. The summed E-state index contributed by atoms with van der Waals surface area (Å²) in [4.78, 5) is 11.0. The van der Waals surface area contributed by atoms with Crippen LogP contribution in [0.1, 0.15) is 19.8 Å². The molecule has 0 saturated carbocycles. The van der Waals surface area contributed by atoms with Gasteiger partial charge in [0.1, 0.15) is 5.69 Å². The Balaban J connectivity index is 3.11. The van der Waals surface area contributed by atoms with Gasteiger partial charge in [-0.15, -0.1) is 0 Å². The van der Waals surface area contributed by atoms with Crippen molar-refractivity contribution in [3.8, 4) is 0 Å². The Morgan fingerprint density at radius 1 is 1.32 bits per heavy atom. The number of anilines is 1. The molecule has 0 aliphatic heterocycles. The summed E-state index contributed by atoms with van der Waals surface area (Å²) in [5, 5.41) is 19.4. The van der Waals surface area contributed by atoms with Crippen LogP contribution in [0, 0.1) is 21.7 Å². The number of unbranched alkanes of at least 4 members (excludes halogenated alkanes) is 1. The average molecular weight is 274 g/mol. The highest BCUT2D eigenvalue weighted by atomic mass is 19.1. The lowest BCUT2D eigenvalue weighted by Crippen LogP contribution is -2.29. The van der Waals surface area contributed by atoms with E-state index in [9.17, 15) is 18.9 Å². The summed E-state index contributed by atoms with van der Waals surface area (Å²) < 4.78 is 27.6. The van der Waals surface area contributed by atoms with Gasteiger partial charge >= 0.3 is 0 Å². The molecule has 0 heterocycles. The van der Waals surface area contributed by atoms with Crippen molar-refractivity contribution in [3.63, 3.8) is 0 Å². The number of aliphatic hydroxyl groups excluding tert-OH is 1. The molecule has 7 heteroatoms. The first kappa shape index (κ1) is 15.3. The van der Waals surface area contributed by atoms with Crippen LogP contribution in [-0.2, 0) is 0 Å². The third kappa shape index (κ3) is 3.85. The van der Waals surface area contributed by atoms with E-state index in [1.807, 2.05) is 6.92 Å². The largest absolute Gasteiger partial charge is 0.395 e. The normalized spacial score (nSPS) is 10.5. The van der Waals surface area contributed by atoms with Crippen molar-refractivity contribution in [2.45, 2.75) is 19.8 Å². The second-order valence-electron chi connectivity index (χ2n) is 4.08. The molecule has 0 saturated heterocycles. The quantitative estimate of drug-likeness (QED) is 0.612. The molecule has 0 aliphatic carbocycles. The highest BCUT2D eigenvalue weighted by Gasteiger charge is 2.21. The number of hydrogen-bond donors (Lipinski definition) is 1. The summed E-state index contributed by atoms with van der Waals surface area (Å²) in [7, 11) is 0. The van der Waals surface area contributed by atoms with Crippen LogP contribution in [0.5, 0.6) is 0 Å². The Kier molecular flexibility index (Phi) is 5.62. The molecule has 0 bridgehead atoms. The van der Waals surface area contributed by atoms with Gasteiger partial charge in [0.05, 0.1) is 23.7 Å². The van der Waals surface area contributed by atoms with Crippen LogP contribution >= 0.6 is 0 Å². The molecule has 0 unspecified atom stereocenters. The number of hydrogen-bond acceptors (Lipinski definition) is 4. The summed E-state index contributed by atoms with van der Waals surface area (Å²) >= 11 is 0. The maximum Gasteiger partial charge on any atom is 0.275 e. The zero-order valence-electron chi connectivity index (χ0n) is 10.6. The Morgan fingerprint density at radius 2 is 1.89 bits per heavy atom. The summed E-state index contributed by atoms with van der Waals surface area (Å²) in [6.45, 7) is 2.13. The predicted molar refractivity (Wildman–Crippen MR) is 67.2 cm³/mol. The van der Waals surface area contributed by atoms with E-state index >= 15 is 0 Å². The van der Waals surface area contributed by atoms with Crippen molar-refractivity contribution in [1.82, 2.24) is 0 Å². The number of benzene rings is 1. The highest BCUT2D eigenvalue weighted by Crippen LogP contribution is 2.28. The van der Waals surface area contributed by atoms with Crippen LogP contribution in [0.25, 0.3) is 0 Å². The van der Waals surface area contributed by atoms with Gasteiger partial charge in [-0.2, -0.15) is 0 Å². The third-order valence-corrected chi connectivity index (χ3v) is 2.68. The van der Waals surface area contributed by atoms with Gasteiger partial charge in [0.25, 0.3) is 5.69 Å². The van der Waals surface area contributed by atoms with E-state index in [4.69, 9.17) is 5.11 Å². The molecule has 1 rings (SSSR count). The van der Waals surface area contributed by atoms with Gasteiger partial charge in [-0.05, 0) is 6.42 Å². The number of nitro groups is 1. The van der Waals surface area contributed by atoms with E-state index in [1.165, 1.54) is 4.90 Å². The van der Waals surface area contributed by atoms with Crippen molar-refractivity contribution in [1.29, 1.82) is 0 Å². The van der Waals surface area contributed by atoms with Gasteiger partial charge in [0.15, 0.2) is 11.6 Å². The molecule has 1 N–H and O–H groups in total. The number of non-ortho nitro benzene ring substituents is 1. The first-order chi connectivity index (χ1) is 9.01. The monoisotopic (exact) mass is 274 g/mol. The minimum absolute atomic E-state index is 0.0751. The SMILES string of the molecule is CCCCN(CCO)c1c(F)cc([N+](=O)[O-])cc1F. The predicted octanol–water partition coefficient (Wildman–Crippen LogP) is 2.47. The van der Waals surface area contributed by atoms with Gasteiger partial charge in [-0.25, -0.2) is 8.78 Å². The highest BCUT2D eigenvalue weighted by molar-refractivity contribution is 5.53. The van der Waals surface area contributed by atoms with E-state index in [2.05, 4.69) is 0 Å². The molecule has 1 aromatic rings. The molecule has 0 aliphatic rings. The molecule has 1 aromatic carbocycles. The number of nitro benzene ring substituents is 1. The average Bonchev–Trinajstić information content (AvgIpc) is 2.34. The molecule has 0 atom stereocenters. The molecular formula is C12H16F2N2O3. The van der Waals surface area contributed by atoms with Crippen molar-refractivity contribution in [3.05, 3.63) is 33.9 Å². The lowest BCUT2D eigenvalue weighted by Gasteiger charge is -2.24. The minimum Gasteiger partial charge on any atom is -0.395 e. The summed E-state index contributed by atoms with van der Waals surface area (Å²) in [6.07, 6.45) is 1.54. The second-order valence-corrected chi connectivity index (χ2v) is 4.08. The van der Waals surface area contributed by atoms with Crippen LogP contribution in [-0.4, -0.2) is 29.7 Å². The summed E-state index contributed by atoms with van der Waals surface area (Å²) in [5.74, 6) is -1.98. The lowest BCUT2D eigenvalue weighted by atomic mass is 10.2. The fraction of sp³-hybridized carbons (Fsp3) is 0.500. The molecular weight excluding hydrogens is 258 g/mol. The Labute approximate surface area is 109 Å². The van der Waals surface area contributed by atoms with Gasteiger partial charge in [-0.1, -0.05) is 13.3 Å². The van der Waals surface area contributed by atoms with Gasteiger partial charge in [0.2, 0.25) is 0 Å². The smallest absolute Gasteiger partial charge is 0.275 e. The summed E-state index contributed by atoms with van der Waals surface area (Å²) in [6, 6.07) is 1.38. The maximum absolute atomic E-state index is 13.8. The van der Waals surface area contributed by atoms with Crippen LogP contribution in [0.2, 0.25) is 0 Å². The molecule has 0 fully saturated rings. The van der Waals surface area contributed by atoms with Crippen molar-refractivity contribution in [2.24, 2.45) is 0 Å². The Morgan fingerprint density at radius 3 is 2.32 bits per heavy atom. The Bertz CT molecular complexity index is 432. The van der Waals surface area contributed by atoms with E-state index in [-0.39, 0.29) is 18.8 Å². The number of rotatable bonds is 7. The van der Waals surface area contributed by atoms with Crippen LogP contribution in [0.3, 0.4) is 0 Å². The maximum atomic E-state index is 13.8. The third-order valence-electron chi connectivity index (χ3n) is 2.68. The molecule has 5 nitrogen and oxygen atoms in total. The zero-order valence-corrected chi connectivity index (χ0v) is 10.6. The Hall–Kier alpha value is -1.76. The molecule has 19 heavy (non-hydrogen) atoms. The van der Waals surface area contributed by atoms with E-state index in [0.717, 1.165) is 6.42 Å². The number of halogens is 2. The first-order valence-corrected chi connectivity index (χ1v) is 6.00. The summed E-state index contributed by atoms with van der Waals surface area (Å²) in [5.41, 5.74) is -0.953. The van der Waals surface area contributed by atoms with Crippen molar-refractivity contribution < 1.29 is 18.8 Å². The molecule has 0 amide bonds. The molecule has 0 spiro atoms. The van der Waals surface area contributed by atoms with Crippen LogP contribution in [0.4, 0.5) is 20.2 Å². The molecule has 0 radical (unpaired) electrons. The van der Waals surface area contributed by atoms with Gasteiger partial charge in [-0.3, -0.25) is 10.1 Å². The van der Waals surface area contributed by atoms with E-state index in [1.54, 1.807) is 0 Å². The zero-order chi connectivity index (χ0) is 14.4. The van der Waals surface area contributed by atoms with E-state index < -0.39 is 22.2 Å². The standard InChI is InChI=1S/C12H16F2N2O3/c1-2-3-4-15(5-6-17)12-10(13)7-9(16(18)19)8-11(12)14/h7-8,17H,2-6H2,1H3. The van der Waals surface area contributed by atoms with E-state index in [0.29, 0.717) is 25.1 Å². The fourth-order valence-electron chi connectivity index (χ4n) is 1.76. The van der Waals surface area contributed by atoms with Crippen molar-refractivity contribution >= 4 is 11.4 Å². The number of nitrogens with zero attached hydrogens (tertiary/aromatic N) is 2. The molecule has 106 valence electrons. The van der Waals surface area contributed by atoms with Crippen molar-refractivity contribution in [2.75, 3.05) is 24.6 Å². The van der Waals surface area contributed by atoms with Crippen LogP contribution < -0.4 is 4.90 Å². The second kappa shape index (κ2) is 6.98.